The predicted molar refractivity (Wildman–Crippen MR) is 122 cm³/mol. The van der Waals surface area contributed by atoms with E-state index < -0.39 is 70.5 Å². The van der Waals surface area contributed by atoms with E-state index in [2.05, 4.69) is 15.6 Å². The number of anilines is 1. The maximum absolute atomic E-state index is 15.0. The van der Waals surface area contributed by atoms with Crippen LogP contribution in [0.25, 0.3) is 16.6 Å². The van der Waals surface area contributed by atoms with Crippen molar-refractivity contribution in [2.24, 2.45) is 0 Å². The van der Waals surface area contributed by atoms with Crippen molar-refractivity contribution in [3.8, 4) is 17.1 Å². The van der Waals surface area contributed by atoms with Gasteiger partial charge in [-0.2, -0.15) is 26.3 Å². The molecule has 204 valence electrons. The summed E-state index contributed by atoms with van der Waals surface area (Å²) in [7, 11) is 1.64. The average Bonchev–Trinajstić information content (AvgIpc) is 2.79. The summed E-state index contributed by atoms with van der Waals surface area (Å²) in [5, 5.41) is 6.84. The first-order valence-electron chi connectivity index (χ1n) is 11.1. The molecule has 0 bridgehead atoms. The molecular formula is C23H29F8KN4O. The number of rotatable bonds is 9. The van der Waals surface area contributed by atoms with Gasteiger partial charge in [0.25, 0.3) is 0 Å². The van der Waals surface area contributed by atoms with Crippen LogP contribution in [-0.4, -0.2) is 37.4 Å². The van der Waals surface area contributed by atoms with Gasteiger partial charge in [0.05, 0.1) is 11.3 Å². The quantitative estimate of drug-likeness (QED) is 0.209. The Hall–Kier alpha value is -1.03. The molecule has 37 heavy (non-hydrogen) atoms. The Morgan fingerprint density at radius 1 is 1.11 bits per heavy atom. The molecule has 1 heterocycles. The summed E-state index contributed by atoms with van der Waals surface area (Å²) >= 11 is 0. The van der Waals surface area contributed by atoms with Crippen LogP contribution in [0.2, 0.25) is 0 Å². The monoisotopic (exact) mass is 568 g/mol. The van der Waals surface area contributed by atoms with E-state index in [-0.39, 0.29) is 70.0 Å². The van der Waals surface area contributed by atoms with Gasteiger partial charge in [-0.15, -0.1) is 13.1 Å². The Kier molecular flexibility index (Phi) is 15.1. The van der Waals surface area contributed by atoms with Crippen LogP contribution >= 0.6 is 0 Å². The molecule has 0 aliphatic rings. The van der Waals surface area contributed by atoms with Gasteiger partial charge >= 0.3 is 63.7 Å². The van der Waals surface area contributed by atoms with Crippen LogP contribution < -0.4 is 67.2 Å². The second kappa shape index (κ2) is 15.5. The third kappa shape index (κ3) is 9.58. The van der Waals surface area contributed by atoms with Crippen molar-refractivity contribution in [2.45, 2.75) is 59.1 Å². The zero-order valence-corrected chi connectivity index (χ0v) is 24.6. The fraction of sp³-hybridized carbons (Fsp3) is 0.522. The number of aromatic nitrogens is 1. The van der Waals surface area contributed by atoms with Gasteiger partial charge in [0, 0.05) is 5.56 Å². The average molecular weight is 569 g/mol. The molecular weight excluding hydrogens is 539 g/mol. The van der Waals surface area contributed by atoms with Crippen LogP contribution in [0.1, 0.15) is 43.9 Å². The molecule has 3 N–H and O–H groups in total. The Morgan fingerprint density at radius 2 is 1.70 bits per heavy atom. The largest absolute Gasteiger partial charge is 1.00 e. The van der Waals surface area contributed by atoms with Gasteiger partial charge in [-0.25, -0.2) is 13.8 Å². The number of nitrogens with zero attached hydrogens (tertiary/aromatic N) is 2. The second-order valence-corrected chi connectivity index (χ2v) is 7.37. The van der Waals surface area contributed by atoms with E-state index in [0.717, 1.165) is 6.92 Å². The minimum Gasteiger partial charge on any atom is -0.657 e. The standard InChI is InChI=1S/C21H23F8N4O.C2H6.K/c1-4-15(20(24,25)26)34-19-11(9-32-6-5-31-3)7-13(22)18(33-19)12-8-14(30)17(23)10(2)16(12)21(27,28)29;1-2;/h7-8,15,31H,4-6,9,30H2,1-3H3;1-2H3;/q-1;;+1. The Bertz CT molecular complexity index is 1020. The number of nitrogen functional groups attached to an aromatic ring is 1. The van der Waals surface area contributed by atoms with Gasteiger partial charge in [-0.05, 0) is 50.2 Å². The molecule has 0 fully saturated rings. The van der Waals surface area contributed by atoms with Crippen molar-refractivity contribution in [3.05, 3.63) is 45.8 Å². The summed E-state index contributed by atoms with van der Waals surface area (Å²) in [4.78, 5) is 3.68. The van der Waals surface area contributed by atoms with Gasteiger partial charge < -0.3 is 21.1 Å². The van der Waals surface area contributed by atoms with E-state index in [1.165, 1.54) is 6.92 Å². The molecule has 2 rings (SSSR count). The molecule has 2 aromatic rings. The van der Waals surface area contributed by atoms with Crippen LogP contribution in [0.15, 0.2) is 12.1 Å². The molecule has 0 amide bonds. The van der Waals surface area contributed by atoms with Gasteiger partial charge in [-0.3, -0.25) is 0 Å². The third-order valence-corrected chi connectivity index (χ3v) is 4.87. The second-order valence-electron chi connectivity index (χ2n) is 7.37. The van der Waals surface area contributed by atoms with Crippen LogP contribution in [-0.2, 0) is 12.7 Å². The number of likely N-dealkylation sites (N-methyl/N-ethyl adjacent to an activating group) is 1. The number of ether oxygens (including phenoxy) is 1. The number of hydrogen-bond donors (Lipinski definition) is 2. The van der Waals surface area contributed by atoms with Gasteiger partial charge in [0.2, 0.25) is 5.88 Å². The molecule has 1 aromatic heterocycles. The third-order valence-electron chi connectivity index (χ3n) is 4.87. The fourth-order valence-electron chi connectivity index (χ4n) is 3.19. The predicted octanol–water partition coefficient (Wildman–Crippen LogP) is 3.78. The van der Waals surface area contributed by atoms with Gasteiger partial charge in [0.1, 0.15) is 17.3 Å². The zero-order chi connectivity index (χ0) is 27.8. The molecule has 0 spiro atoms. The summed E-state index contributed by atoms with van der Waals surface area (Å²) in [6, 6.07) is 1.25. The molecule has 0 radical (unpaired) electrons. The van der Waals surface area contributed by atoms with Gasteiger partial charge in [0.15, 0.2) is 6.10 Å². The first-order valence-corrected chi connectivity index (χ1v) is 11.1. The minimum atomic E-state index is -5.14. The summed E-state index contributed by atoms with van der Waals surface area (Å²) in [6.45, 7) is 6.34. The van der Waals surface area contributed by atoms with Crippen molar-refractivity contribution in [1.29, 1.82) is 0 Å². The Balaban J connectivity index is 0.00000421. The van der Waals surface area contributed by atoms with E-state index in [9.17, 15) is 35.1 Å². The number of alkyl halides is 6. The first-order chi connectivity index (χ1) is 16.7. The maximum atomic E-state index is 15.0. The van der Waals surface area contributed by atoms with Crippen LogP contribution in [0.5, 0.6) is 5.88 Å². The topological polar surface area (TPSA) is 74.3 Å². The first kappa shape index (κ1) is 36.0. The molecule has 1 unspecified atom stereocenters. The maximum Gasteiger partial charge on any atom is 1.00 e. The zero-order valence-electron chi connectivity index (χ0n) is 21.5. The molecule has 14 heteroatoms. The SMILES string of the molecule is CC.CCC(Oc1nc(-c2cc(N)c(F)c(C)c2C(F)(F)F)c(F)cc1C[N-]CCNC)C(F)(F)F.[K+]. The normalized spacial score (nSPS) is 12.4. The number of halogens is 8. The van der Waals surface area contributed by atoms with E-state index >= 15 is 0 Å². The molecule has 1 atom stereocenters. The van der Waals surface area contributed by atoms with Crippen molar-refractivity contribution < 1.29 is 91.2 Å². The Labute approximate surface area is 253 Å². The molecule has 1 aromatic carbocycles. The summed E-state index contributed by atoms with van der Waals surface area (Å²) in [5.41, 5.74) is 0.186. The van der Waals surface area contributed by atoms with E-state index in [4.69, 9.17) is 10.5 Å². The smallest absolute Gasteiger partial charge is 0.657 e. The molecule has 0 aliphatic heterocycles. The van der Waals surface area contributed by atoms with Crippen LogP contribution in [0.3, 0.4) is 0 Å². The van der Waals surface area contributed by atoms with E-state index in [1.807, 2.05) is 13.8 Å². The van der Waals surface area contributed by atoms with E-state index in [0.29, 0.717) is 18.7 Å². The number of benzene rings is 1. The number of nitrogens with two attached hydrogens (primary N) is 1. The summed E-state index contributed by atoms with van der Waals surface area (Å²) in [5.74, 6) is -3.37. The number of hydrogen-bond acceptors (Lipinski definition) is 4. The van der Waals surface area contributed by atoms with Crippen LogP contribution in [0.4, 0.5) is 40.8 Å². The van der Waals surface area contributed by atoms with Crippen molar-refractivity contribution in [2.75, 3.05) is 25.9 Å². The van der Waals surface area contributed by atoms with Crippen molar-refractivity contribution in [1.82, 2.24) is 10.3 Å². The Morgan fingerprint density at radius 3 is 2.19 bits per heavy atom. The number of pyridine rings is 1. The van der Waals surface area contributed by atoms with E-state index in [1.54, 1.807) is 7.05 Å². The van der Waals surface area contributed by atoms with Crippen molar-refractivity contribution in [3.63, 3.8) is 0 Å². The molecule has 0 saturated carbocycles. The molecule has 0 saturated heterocycles. The summed E-state index contributed by atoms with van der Waals surface area (Å²) in [6.07, 6.45) is -12.8. The van der Waals surface area contributed by atoms with Crippen molar-refractivity contribution >= 4 is 5.69 Å². The molecule has 0 aliphatic carbocycles. The summed E-state index contributed by atoms with van der Waals surface area (Å²) < 4.78 is 115. The van der Waals surface area contributed by atoms with Crippen LogP contribution in [0, 0.1) is 18.6 Å². The minimum absolute atomic E-state index is 0. The fourth-order valence-corrected chi connectivity index (χ4v) is 3.19. The van der Waals surface area contributed by atoms with Gasteiger partial charge in [-0.1, -0.05) is 20.8 Å². The molecule has 5 nitrogen and oxygen atoms in total. The number of nitrogens with one attached hydrogen (secondary N) is 1.